The predicted molar refractivity (Wildman–Crippen MR) is 155 cm³/mol. The highest BCUT2D eigenvalue weighted by Gasteiger charge is 2.15. The molecular formula is C33H52NO3+. The number of quaternary nitrogens is 1. The number of ether oxygens (including phenoxy) is 2. The van der Waals surface area contributed by atoms with Crippen molar-refractivity contribution in [2.75, 3.05) is 27.4 Å². The first-order valence-corrected chi connectivity index (χ1v) is 14.7. The van der Waals surface area contributed by atoms with Gasteiger partial charge in [-0.25, -0.2) is 0 Å². The fraction of sp³-hybridized carbons (Fsp3) is 0.606. The van der Waals surface area contributed by atoms with Crippen molar-refractivity contribution in [1.29, 1.82) is 0 Å². The van der Waals surface area contributed by atoms with E-state index in [2.05, 4.69) is 57.4 Å². The number of esters is 1. The Morgan fingerprint density at radius 1 is 0.703 bits per heavy atom. The molecule has 0 N–H and O–H groups in total. The molecule has 206 valence electrons. The number of carbonyl (C=O) groups excluding carboxylic acids is 1. The Bertz CT molecular complexity index is 832. The highest BCUT2D eigenvalue weighted by atomic mass is 16.7. The van der Waals surface area contributed by atoms with Crippen LogP contribution in [0.2, 0.25) is 0 Å². The number of hydrogen-bond donors (Lipinski definition) is 0. The van der Waals surface area contributed by atoms with E-state index < -0.39 is 0 Å². The molecule has 0 fully saturated rings. The number of hydrogen-bond acceptors (Lipinski definition) is 3. The molecule has 0 saturated carbocycles. The molecule has 0 aliphatic rings. The van der Waals surface area contributed by atoms with Crippen LogP contribution in [0.1, 0.15) is 102 Å². The van der Waals surface area contributed by atoms with Crippen LogP contribution in [0.5, 0.6) is 5.75 Å². The topological polar surface area (TPSA) is 35.5 Å². The molecule has 0 heterocycles. The second-order valence-corrected chi connectivity index (χ2v) is 11.1. The largest absolute Gasteiger partial charge is 0.457 e. The van der Waals surface area contributed by atoms with Gasteiger partial charge >= 0.3 is 5.97 Å². The lowest BCUT2D eigenvalue weighted by Gasteiger charge is -2.30. The van der Waals surface area contributed by atoms with Gasteiger partial charge in [0.05, 0.1) is 20.6 Å². The van der Waals surface area contributed by atoms with E-state index >= 15 is 0 Å². The van der Waals surface area contributed by atoms with Gasteiger partial charge in [-0.1, -0.05) is 107 Å². The Balaban J connectivity index is 1.47. The number of aryl methyl sites for hydroxylation is 1. The molecule has 0 aliphatic heterocycles. The normalized spacial score (nSPS) is 11.4. The molecule has 0 aliphatic carbocycles. The lowest BCUT2D eigenvalue weighted by molar-refractivity contribution is -0.903. The second-order valence-electron chi connectivity index (χ2n) is 11.1. The third-order valence-corrected chi connectivity index (χ3v) is 7.04. The highest BCUT2D eigenvalue weighted by Crippen LogP contribution is 2.16. The molecule has 4 nitrogen and oxygen atoms in total. The minimum atomic E-state index is -0.189. The van der Waals surface area contributed by atoms with Crippen molar-refractivity contribution in [3.05, 3.63) is 65.7 Å². The third kappa shape index (κ3) is 15.5. The molecular weight excluding hydrogens is 458 g/mol. The van der Waals surface area contributed by atoms with E-state index in [1.165, 1.54) is 75.3 Å². The second kappa shape index (κ2) is 18.8. The predicted octanol–water partition coefficient (Wildman–Crippen LogP) is 8.48. The van der Waals surface area contributed by atoms with Crippen LogP contribution in [0.3, 0.4) is 0 Å². The zero-order valence-corrected chi connectivity index (χ0v) is 23.9. The zero-order valence-electron chi connectivity index (χ0n) is 23.9. The lowest BCUT2D eigenvalue weighted by Crippen LogP contribution is -2.39. The van der Waals surface area contributed by atoms with Crippen molar-refractivity contribution in [1.82, 2.24) is 0 Å². The molecule has 0 amide bonds. The molecule has 0 spiro atoms. The van der Waals surface area contributed by atoms with Crippen LogP contribution in [-0.2, 0) is 22.5 Å². The van der Waals surface area contributed by atoms with E-state index in [0.717, 1.165) is 42.6 Å². The molecule has 0 unspecified atom stereocenters. The highest BCUT2D eigenvalue weighted by molar-refractivity contribution is 5.69. The molecule has 0 radical (unpaired) electrons. The first-order chi connectivity index (χ1) is 18.0. The van der Waals surface area contributed by atoms with Crippen molar-refractivity contribution in [2.45, 2.75) is 103 Å². The van der Waals surface area contributed by atoms with Crippen LogP contribution in [0.4, 0.5) is 0 Å². The van der Waals surface area contributed by atoms with Crippen molar-refractivity contribution in [3.63, 3.8) is 0 Å². The van der Waals surface area contributed by atoms with Gasteiger partial charge in [0.15, 0.2) is 0 Å². The summed E-state index contributed by atoms with van der Waals surface area (Å²) in [5.41, 5.74) is 2.69. The summed E-state index contributed by atoms with van der Waals surface area (Å²) in [7, 11) is 4.48. The quantitative estimate of drug-likeness (QED) is 0.0731. The molecule has 0 saturated heterocycles. The minimum absolute atomic E-state index is 0.0216. The van der Waals surface area contributed by atoms with Crippen LogP contribution in [0.25, 0.3) is 0 Å². The van der Waals surface area contributed by atoms with Gasteiger partial charge in [-0.3, -0.25) is 4.79 Å². The van der Waals surface area contributed by atoms with Crippen LogP contribution in [0.15, 0.2) is 54.6 Å². The Morgan fingerprint density at radius 2 is 1.32 bits per heavy atom. The number of unbranched alkanes of at least 4 members (excludes halogenated alkanes) is 10. The summed E-state index contributed by atoms with van der Waals surface area (Å²) in [4.78, 5) is 12.1. The van der Waals surface area contributed by atoms with E-state index in [1.54, 1.807) is 0 Å². The molecule has 2 rings (SSSR count). The van der Waals surface area contributed by atoms with Gasteiger partial charge in [0.1, 0.15) is 12.3 Å². The van der Waals surface area contributed by atoms with Gasteiger partial charge in [0, 0.05) is 12.0 Å². The lowest BCUT2D eigenvalue weighted by atomic mass is 10.0. The Morgan fingerprint density at radius 3 is 1.97 bits per heavy atom. The van der Waals surface area contributed by atoms with Gasteiger partial charge in [0.25, 0.3) is 0 Å². The minimum Gasteiger partial charge on any atom is -0.457 e. The van der Waals surface area contributed by atoms with Crippen molar-refractivity contribution in [2.24, 2.45) is 0 Å². The monoisotopic (exact) mass is 510 g/mol. The van der Waals surface area contributed by atoms with Crippen molar-refractivity contribution >= 4 is 5.97 Å². The zero-order chi connectivity index (χ0) is 26.6. The van der Waals surface area contributed by atoms with Crippen LogP contribution < -0.4 is 4.74 Å². The Hall–Kier alpha value is -2.33. The van der Waals surface area contributed by atoms with Crippen LogP contribution >= 0.6 is 0 Å². The van der Waals surface area contributed by atoms with Crippen molar-refractivity contribution in [3.8, 4) is 5.75 Å². The summed E-state index contributed by atoms with van der Waals surface area (Å²) in [6.07, 6.45) is 17.0. The Labute approximate surface area is 227 Å². The molecule has 4 heteroatoms. The molecule has 0 bridgehead atoms. The fourth-order valence-corrected chi connectivity index (χ4v) is 4.77. The van der Waals surface area contributed by atoms with Gasteiger partial charge in [0.2, 0.25) is 6.79 Å². The summed E-state index contributed by atoms with van der Waals surface area (Å²) in [5, 5.41) is 0. The number of benzene rings is 2. The number of nitrogens with zero attached hydrogens (tertiary/aromatic N) is 1. The van der Waals surface area contributed by atoms with E-state index in [4.69, 9.17) is 9.47 Å². The summed E-state index contributed by atoms with van der Waals surface area (Å²) < 4.78 is 11.8. The maximum absolute atomic E-state index is 12.1. The first kappa shape index (κ1) is 30.9. The third-order valence-electron chi connectivity index (χ3n) is 7.04. The number of rotatable bonds is 21. The van der Waals surface area contributed by atoms with E-state index in [9.17, 15) is 4.79 Å². The summed E-state index contributed by atoms with van der Waals surface area (Å²) in [6.45, 7) is 4.28. The molecule has 2 aromatic rings. The molecule has 0 aromatic heterocycles. The molecule has 37 heavy (non-hydrogen) atoms. The summed E-state index contributed by atoms with van der Waals surface area (Å²) in [6, 6.07) is 18.8. The van der Waals surface area contributed by atoms with E-state index in [-0.39, 0.29) is 12.8 Å². The standard InChI is InChI=1S/C33H52NO3/c1-4-5-6-7-8-9-10-11-12-14-19-30-23-25-32(26-24-30)36-29-37-33(35)22-17-18-27-34(2,3)28-31-20-15-13-16-21-31/h13,15-16,20-21,23-26H,4-12,14,17-19,22,27-29H2,1-3H3/q+1. The van der Waals surface area contributed by atoms with E-state index in [0.29, 0.717) is 6.42 Å². The average molecular weight is 511 g/mol. The molecule has 2 aromatic carbocycles. The summed E-state index contributed by atoms with van der Waals surface area (Å²) >= 11 is 0. The summed E-state index contributed by atoms with van der Waals surface area (Å²) in [5.74, 6) is 0.561. The van der Waals surface area contributed by atoms with Crippen LogP contribution in [-0.4, -0.2) is 37.9 Å². The maximum Gasteiger partial charge on any atom is 0.308 e. The van der Waals surface area contributed by atoms with Gasteiger partial charge < -0.3 is 14.0 Å². The Kier molecular flexibility index (Phi) is 15.7. The fourth-order valence-electron chi connectivity index (χ4n) is 4.77. The van der Waals surface area contributed by atoms with Crippen LogP contribution in [0, 0.1) is 0 Å². The van der Waals surface area contributed by atoms with Gasteiger partial charge in [-0.05, 0) is 43.4 Å². The van der Waals surface area contributed by atoms with Gasteiger partial charge in [-0.2, -0.15) is 0 Å². The number of carbonyl (C=O) groups is 1. The van der Waals surface area contributed by atoms with E-state index in [1.807, 2.05) is 18.2 Å². The first-order valence-electron chi connectivity index (χ1n) is 14.7. The molecule has 0 atom stereocenters. The van der Waals surface area contributed by atoms with Gasteiger partial charge in [-0.15, -0.1) is 0 Å². The SMILES string of the molecule is CCCCCCCCCCCCc1ccc(OCOC(=O)CCCC[N+](C)(C)Cc2ccccc2)cc1. The van der Waals surface area contributed by atoms with Crippen molar-refractivity contribution < 1.29 is 18.8 Å². The smallest absolute Gasteiger partial charge is 0.308 e. The maximum atomic E-state index is 12.1. The average Bonchev–Trinajstić information content (AvgIpc) is 2.89.